The minimum absolute atomic E-state index is 0.128. The van der Waals surface area contributed by atoms with E-state index in [0.29, 0.717) is 31.0 Å². The van der Waals surface area contributed by atoms with Gasteiger partial charge >= 0.3 is 5.97 Å². The first-order chi connectivity index (χ1) is 17.0. The third-order valence-corrected chi connectivity index (χ3v) is 7.49. The number of likely N-dealkylation sites (N-methyl/N-ethyl adjacent to an activating group) is 1. The van der Waals surface area contributed by atoms with Gasteiger partial charge in [-0.3, -0.25) is 9.18 Å². The molecule has 0 unspecified atom stereocenters. The fourth-order valence-corrected chi connectivity index (χ4v) is 5.78. The van der Waals surface area contributed by atoms with E-state index in [4.69, 9.17) is 0 Å². The molecule has 3 aromatic rings. The van der Waals surface area contributed by atoms with Gasteiger partial charge in [0.15, 0.2) is 0 Å². The van der Waals surface area contributed by atoms with Crippen molar-refractivity contribution in [3.63, 3.8) is 0 Å². The van der Waals surface area contributed by atoms with Crippen molar-refractivity contribution < 1.29 is 19.1 Å². The molecule has 1 aliphatic carbocycles. The molecule has 0 spiro atoms. The van der Waals surface area contributed by atoms with Crippen LogP contribution in [0, 0.1) is 0 Å². The lowest BCUT2D eigenvalue weighted by atomic mass is 9.81. The molecule has 0 bridgehead atoms. The highest BCUT2D eigenvalue weighted by molar-refractivity contribution is 6.03. The summed E-state index contributed by atoms with van der Waals surface area (Å²) in [4.78, 5) is 26.8. The Morgan fingerprint density at radius 2 is 1.89 bits per heavy atom. The van der Waals surface area contributed by atoms with Crippen molar-refractivity contribution in [2.24, 2.45) is 0 Å². The van der Waals surface area contributed by atoms with Crippen molar-refractivity contribution in [3.05, 3.63) is 64.7 Å². The van der Waals surface area contributed by atoms with Crippen molar-refractivity contribution in [1.82, 2.24) is 9.47 Å². The molecule has 1 fully saturated rings. The van der Waals surface area contributed by atoms with Crippen LogP contribution in [0.4, 0.5) is 4.39 Å². The van der Waals surface area contributed by atoms with Gasteiger partial charge in [0, 0.05) is 35.6 Å². The highest BCUT2D eigenvalue weighted by Crippen LogP contribution is 2.46. The number of nitrogens with zero attached hydrogens (tertiary/aromatic N) is 2. The van der Waals surface area contributed by atoms with E-state index in [1.54, 1.807) is 24.1 Å². The summed E-state index contributed by atoms with van der Waals surface area (Å²) < 4.78 is 14.9. The largest absolute Gasteiger partial charge is 0.478 e. The number of hydrogen-bond donors (Lipinski definition) is 1. The van der Waals surface area contributed by atoms with Gasteiger partial charge in [0.05, 0.1) is 24.5 Å². The Labute approximate surface area is 204 Å². The third-order valence-electron chi connectivity index (χ3n) is 7.49. The highest BCUT2D eigenvalue weighted by Gasteiger charge is 2.30. The van der Waals surface area contributed by atoms with Crippen LogP contribution in [-0.4, -0.2) is 46.7 Å². The van der Waals surface area contributed by atoms with Gasteiger partial charge in [0.2, 0.25) is 0 Å². The lowest BCUT2D eigenvalue weighted by Crippen LogP contribution is -2.30. The molecule has 2 heterocycles. The number of aromatic nitrogens is 1. The zero-order valence-corrected chi connectivity index (χ0v) is 20.1. The van der Waals surface area contributed by atoms with Crippen molar-refractivity contribution in [3.8, 4) is 11.3 Å². The summed E-state index contributed by atoms with van der Waals surface area (Å²) in [5.41, 5.74) is 6.12. The van der Waals surface area contributed by atoms with Gasteiger partial charge in [0.1, 0.15) is 0 Å². The molecule has 35 heavy (non-hydrogen) atoms. The number of alkyl halides is 1. The maximum Gasteiger partial charge on any atom is 0.335 e. The summed E-state index contributed by atoms with van der Waals surface area (Å²) in [6, 6.07) is 13.5. The fraction of sp³-hybridized carbons (Fsp3) is 0.379. The molecule has 0 radical (unpaired) electrons. The van der Waals surface area contributed by atoms with Crippen molar-refractivity contribution in [2.75, 3.05) is 20.3 Å². The molecular weight excluding hydrogens is 443 g/mol. The molecule has 182 valence electrons. The minimum atomic E-state index is -0.964. The smallest absolute Gasteiger partial charge is 0.335 e. The molecule has 5 rings (SSSR count). The third kappa shape index (κ3) is 4.26. The summed E-state index contributed by atoms with van der Waals surface area (Å²) in [7, 11) is 1.71. The first-order valence-corrected chi connectivity index (χ1v) is 12.5. The zero-order valence-electron chi connectivity index (χ0n) is 20.1. The van der Waals surface area contributed by atoms with Gasteiger partial charge in [0.25, 0.3) is 5.91 Å². The quantitative estimate of drug-likeness (QED) is 0.458. The monoisotopic (exact) mass is 474 g/mol. The van der Waals surface area contributed by atoms with E-state index in [2.05, 4.69) is 10.6 Å². The Hall–Kier alpha value is -3.41. The topological polar surface area (TPSA) is 62.5 Å². The molecule has 0 saturated heterocycles. The second kappa shape index (κ2) is 9.68. The molecule has 1 saturated carbocycles. The average Bonchev–Trinajstić information content (AvgIpc) is 3.09. The van der Waals surface area contributed by atoms with Crippen LogP contribution >= 0.6 is 0 Å². The number of amides is 1. The Morgan fingerprint density at radius 3 is 2.63 bits per heavy atom. The van der Waals surface area contributed by atoms with Gasteiger partial charge in [-0.05, 0) is 54.5 Å². The second-order valence-corrected chi connectivity index (χ2v) is 9.75. The van der Waals surface area contributed by atoms with Crippen LogP contribution in [0.3, 0.4) is 0 Å². The maximum absolute atomic E-state index is 13.4. The van der Waals surface area contributed by atoms with E-state index >= 15 is 0 Å². The summed E-state index contributed by atoms with van der Waals surface area (Å²) in [6.45, 7) is 0.230. The van der Waals surface area contributed by atoms with Crippen LogP contribution in [0.1, 0.15) is 65.9 Å². The number of hydrogen-bond acceptors (Lipinski definition) is 2. The van der Waals surface area contributed by atoms with Crippen LogP contribution in [0.2, 0.25) is 0 Å². The molecular formula is C29H31FN2O3. The zero-order chi connectivity index (χ0) is 24.5. The Balaban J connectivity index is 1.75. The Kier molecular flexibility index (Phi) is 6.46. The van der Waals surface area contributed by atoms with Crippen LogP contribution in [0.15, 0.2) is 48.0 Å². The number of carboxylic acids is 1. The van der Waals surface area contributed by atoms with E-state index < -0.39 is 12.6 Å². The second-order valence-electron chi connectivity index (χ2n) is 9.75. The molecule has 5 nitrogen and oxygen atoms in total. The number of carbonyl (C=O) groups excluding carboxylic acids is 1. The van der Waals surface area contributed by atoms with Gasteiger partial charge in [-0.25, -0.2) is 4.79 Å². The van der Waals surface area contributed by atoms with Crippen LogP contribution in [0.25, 0.3) is 28.2 Å². The fourth-order valence-electron chi connectivity index (χ4n) is 5.78. The Bertz CT molecular complexity index is 1320. The van der Waals surface area contributed by atoms with Crippen molar-refractivity contribution in [1.29, 1.82) is 0 Å². The minimum Gasteiger partial charge on any atom is -0.478 e. The number of rotatable bonds is 6. The van der Waals surface area contributed by atoms with Crippen LogP contribution in [-0.2, 0) is 11.3 Å². The summed E-state index contributed by atoms with van der Waals surface area (Å²) in [6.07, 6.45) is 8.10. The molecule has 1 aromatic heterocycles. The van der Waals surface area contributed by atoms with E-state index in [-0.39, 0.29) is 11.5 Å². The first-order valence-electron chi connectivity index (χ1n) is 12.5. The first kappa shape index (κ1) is 23.3. The number of halogens is 1. The summed E-state index contributed by atoms with van der Waals surface area (Å²) in [5, 5.41) is 10.8. The number of carboxylic acid groups (broad SMARTS) is 1. The molecule has 1 N–H and O–H groups in total. The number of carbonyl (C=O) groups is 2. The molecule has 2 aliphatic rings. The van der Waals surface area contributed by atoms with Crippen molar-refractivity contribution in [2.45, 2.75) is 51.0 Å². The van der Waals surface area contributed by atoms with E-state index in [1.165, 1.54) is 24.8 Å². The van der Waals surface area contributed by atoms with Crippen molar-refractivity contribution >= 4 is 28.9 Å². The van der Waals surface area contributed by atoms with Gasteiger partial charge in [-0.2, -0.15) is 0 Å². The van der Waals surface area contributed by atoms with Gasteiger partial charge in [-0.15, -0.1) is 0 Å². The van der Waals surface area contributed by atoms with Crippen LogP contribution < -0.4 is 0 Å². The molecule has 2 aromatic carbocycles. The number of fused-ring (bicyclic) bond motifs is 5. The summed E-state index contributed by atoms with van der Waals surface area (Å²) >= 11 is 0. The average molecular weight is 475 g/mol. The van der Waals surface area contributed by atoms with E-state index in [1.807, 2.05) is 30.3 Å². The van der Waals surface area contributed by atoms with Gasteiger partial charge in [-0.1, -0.05) is 49.6 Å². The maximum atomic E-state index is 13.4. The lowest BCUT2D eigenvalue weighted by molar-refractivity contribution is -0.126. The predicted octanol–water partition coefficient (Wildman–Crippen LogP) is 6.27. The highest BCUT2D eigenvalue weighted by atomic mass is 19.1. The molecule has 1 amide bonds. The van der Waals surface area contributed by atoms with Gasteiger partial charge < -0.3 is 14.6 Å². The Morgan fingerprint density at radius 1 is 1.11 bits per heavy atom. The lowest BCUT2D eigenvalue weighted by Gasteiger charge is -2.24. The standard InChI is InChI=1S/C29H31FN2O3/c1-31(15-7-14-30)28(33)22-16-20-10-5-6-11-23(20)27-26(19-8-3-2-4-9-19)24-13-12-21(29(34)35)17-25(24)32(27)18-22/h5-6,10-13,16-17,19H,2-4,7-9,14-15,18H2,1H3,(H,34,35). The molecule has 1 aliphatic heterocycles. The van der Waals surface area contributed by atoms with E-state index in [0.717, 1.165) is 40.6 Å². The molecule has 6 heteroatoms. The van der Waals surface area contributed by atoms with E-state index in [9.17, 15) is 19.1 Å². The molecule has 0 atom stereocenters. The normalized spacial score (nSPS) is 15.8. The van der Waals surface area contributed by atoms with Crippen LogP contribution in [0.5, 0.6) is 0 Å². The predicted molar refractivity (Wildman–Crippen MR) is 136 cm³/mol. The number of aromatic carboxylic acids is 1. The summed E-state index contributed by atoms with van der Waals surface area (Å²) in [5.74, 6) is -0.694. The SMILES string of the molecule is CN(CCCF)C(=O)C1=Cc2ccccc2-c2c(C3CCCCC3)c3ccc(C(=O)O)cc3n2C1. The number of benzene rings is 2.